The van der Waals surface area contributed by atoms with E-state index in [-0.39, 0.29) is 51.2 Å². The number of hydrogen-bond acceptors (Lipinski definition) is 4. The van der Waals surface area contributed by atoms with E-state index >= 15 is 0 Å². The molecule has 5 aliphatic carbocycles. The Morgan fingerprint density at radius 1 is 0.816 bits per heavy atom. The first-order valence-corrected chi connectivity index (χ1v) is 15.6. The van der Waals surface area contributed by atoms with E-state index in [1.54, 1.807) is 19.4 Å². The van der Waals surface area contributed by atoms with Crippen molar-refractivity contribution in [2.75, 3.05) is 0 Å². The van der Waals surface area contributed by atoms with E-state index in [0.717, 1.165) is 32.1 Å². The second kappa shape index (κ2) is 8.84. The Morgan fingerprint density at radius 2 is 1.42 bits per heavy atom. The van der Waals surface area contributed by atoms with E-state index < -0.39 is 0 Å². The number of hydrogen-bond donors (Lipinski definition) is 0. The topological polar surface area (TPSA) is 52.6 Å². The van der Waals surface area contributed by atoms with Gasteiger partial charge in [-0.05, 0) is 97.2 Å². The molecule has 0 saturated heterocycles. The number of carbonyl (C=O) groups excluding carboxylic acids is 2. The molecule has 0 radical (unpaired) electrons. The Bertz CT molecular complexity index is 1030. The Balaban J connectivity index is 1.59. The first-order valence-electron chi connectivity index (χ1n) is 15.6. The lowest BCUT2D eigenvalue weighted by Crippen LogP contribution is -2.66. The van der Waals surface area contributed by atoms with Crippen LogP contribution >= 0.6 is 0 Å². The smallest absolute Gasteiger partial charge is 0.302 e. The molecule has 0 N–H and O–H groups in total. The lowest BCUT2D eigenvalue weighted by molar-refractivity contribution is -0.219. The standard InChI is InChI=1S/C34H54O4/c1-20(2)23-13-16-32(8)28(38-22(4)36)19-34(10)24(29(23)32)11-12-26-31(7)17-15-27(37-21(3)35)30(5,6)25(31)14-18-33(26,34)9/h11,20,23,25-29H,12-19H2,1-10H3/t23-,25?,26?,27+,28-,29?,31-,32+,33+,34+/m0/s1. The molecular formula is C34H54O4. The van der Waals surface area contributed by atoms with Gasteiger partial charge in [0.25, 0.3) is 0 Å². The van der Waals surface area contributed by atoms with Gasteiger partial charge in [-0.15, -0.1) is 0 Å². The quantitative estimate of drug-likeness (QED) is 0.275. The van der Waals surface area contributed by atoms with Crippen molar-refractivity contribution in [2.45, 2.75) is 133 Å². The van der Waals surface area contributed by atoms with Crippen LogP contribution in [-0.4, -0.2) is 24.1 Å². The molecule has 4 nitrogen and oxygen atoms in total. The maximum Gasteiger partial charge on any atom is 0.302 e. The third-order valence-corrected chi connectivity index (χ3v) is 13.7. The van der Waals surface area contributed by atoms with Crippen molar-refractivity contribution in [2.24, 2.45) is 56.7 Å². The van der Waals surface area contributed by atoms with Gasteiger partial charge in [0, 0.05) is 24.7 Å². The molecule has 0 spiro atoms. The second-order valence-electron chi connectivity index (χ2n) is 16.0. The summed E-state index contributed by atoms with van der Waals surface area (Å²) in [5.41, 5.74) is 2.06. The van der Waals surface area contributed by atoms with Gasteiger partial charge in [-0.1, -0.05) is 67.0 Å². The average Bonchev–Trinajstić information content (AvgIpc) is 3.15. The minimum absolute atomic E-state index is 0.00161. The maximum absolute atomic E-state index is 12.4. The summed E-state index contributed by atoms with van der Waals surface area (Å²) < 4.78 is 12.2. The van der Waals surface area contributed by atoms with Crippen LogP contribution in [0.3, 0.4) is 0 Å². The zero-order valence-corrected chi connectivity index (χ0v) is 25.9. The summed E-state index contributed by atoms with van der Waals surface area (Å²) in [6.45, 7) is 22.8. The lowest BCUT2D eigenvalue weighted by Gasteiger charge is -2.71. The van der Waals surface area contributed by atoms with E-state index in [4.69, 9.17) is 9.47 Å². The van der Waals surface area contributed by atoms with Crippen LogP contribution in [0.25, 0.3) is 0 Å². The van der Waals surface area contributed by atoms with Gasteiger partial charge in [-0.3, -0.25) is 9.59 Å². The number of allylic oxidation sites excluding steroid dienone is 2. The molecule has 0 aliphatic heterocycles. The van der Waals surface area contributed by atoms with Gasteiger partial charge in [-0.2, -0.15) is 0 Å². The third-order valence-electron chi connectivity index (χ3n) is 13.7. The highest BCUT2D eigenvalue weighted by molar-refractivity contribution is 5.66. The average molecular weight is 527 g/mol. The summed E-state index contributed by atoms with van der Waals surface area (Å²) in [6.07, 6.45) is 11.6. The van der Waals surface area contributed by atoms with Gasteiger partial charge in [-0.25, -0.2) is 0 Å². The van der Waals surface area contributed by atoms with Crippen LogP contribution in [0.15, 0.2) is 11.6 Å². The number of esters is 2. The highest BCUT2D eigenvalue weighted by atomic mass is 16.5. The summed E-state index contributed by atoms with van der Waals surface area (Å²) in [5.74, 6) is 2.58. The first-order chi connectivity index (χ1) is 17.5. The molecule has 0 aromatic heterocycles. The minimum Gasteiger partial charge on any atom is -0.462 e. The molecule has 4 heteroatoms. The molecule has 0 amide bonds. The van der Waals surface area contributed by atoms with Crippen molar-refractivity contribution in [3.8, 4) is 0 Å². The van der Waals surface area contributed by atoms with Crippen molar-refractivity contribution < 1.29 is 19.1 Å². The predicted molar refractivity (Wildman–Crippen MR) is 151 cm³/mol. The fraction of sp³-hybridized carbons (Fsp3) is 0.882. The molecule has 214 valence electrons. The first kappa shape index (κ1) is 28.2. The monoisotopic (exact) mass is 526 g/mol. The molecule has 5 aliphatic rings. The zero-order valence-electron chi connectivity index (χ0n) is 25.9. The molecular weight excluding hydrogens is 472 g/mol. The van der Waals surface area contributed by atoms with Gasteiger partial charge in [0.05, 0.1) is 0 Å². The van der Waals surface area contributed by atoms with Crippen LogP contribution in [-0.2, 0) is 19.1 Å². The van der Waals surface area contributed by atoms with Gasteiger partial charge in [0.15, 0.2) is 0 Å². The molecule has 0 aromatic carbocycles. The molecule has 3 unspecified atom stereocenters. The lowest BCUT2D eigenvalue weighted by atomic mass is 9.34. The van der Waals surface area contributed by atoms with E-state index in [9.17, 15) is 9.59 Å². The highest BCUT2D eigenvalue weighted by Gasteiger charge is 2.70. The van der Waals surface area contributed by atoms with Crippen molar-refractivity contribution in [1.82, 2.24) is 0 Å². The third kappa shape index (κ3) is 3.66. The van der Waals surface area contributed by atoms with Crippen LogP contribution in [0.5, 0.6) is 0 Å². The summed E-state index contributed by atoms with van der Waals surface area (Å²) in [4.78, 5) is 24.4. The highest BCUT2D eigenvalue weighted by Crippen LogP contribution is 2.76. The Kier molecular flexibility index (Phi) is 6.56. The van der Waals surface area contributed by atoms with E-state index in [0.29, 0.717) is 29.6 Å². The van der Waals surface area contributed by atoms with Crippen molar-refractivity contribution in [3.05, 3.63) is 11.6 Å². The maximum atomic E-state index is 12.4. The number of fused-ring (bicyclic) bond motifs is 7. The van der Waals surface area contributed by atoms with Gasteiger partial charge < -0.3 is 9.47 Å². The van der Waals surface area contributed by atoms with Crippen LogP contribution in [0.2, 0.25) is 0 Å². The van der Waals surface area contributed by atoms with Crippen LogP contribution in [0.1, 0.15) is 121 Å². The van der Waals surface area contributed by atoms with Crippen molar-refractivity contribution in [1.29, 1.82) is 0 Å². The van der Waals surface area contributed by atoms with E-state index in [1.165, 1.54) is 19.3 Å². The Hall–Kier alpha value is -1.32. The van der Waals surface area contributed by atoms with E-state index in [1.807, 2.05) is 0 Å². The van der Waals surface area contributed by atoms with Crippen molar-refractivity contribution in [3.63, 3.8) is 0 Å². The van der Waals surface area contributed by atoms with Gasteiger partial charge >= 0.3 is 11.9 Å². The van der Waals surface area contributed by atoms with Crippen molar-refractivity contribution >= 4 is 11.9 Å². The normalized spacial score (nSPS) is 49.2. The van der Waals surface area contributed by atoms with Gasteiger partial charge in [0.2, 0.25) is 0 Å². The van der Waals surface area contributed by atoms with E-state index in [2.05, 4.69) is 61.5 Å². The summed E-state index contributed by atoms with van der Waals surface area (Å²) in [7, 11) is 0. The molecule has 4 fully saturated rings. The molecule has 0 heterocycles. The summed E-state index contributed by atoms with van der Waals surface area (Å²) in [5, 5.41) is 0. The fourth-order valence-corrected chi connectivity index (χ4v) is 11.7. The van der Waals surface area contributed by atoms with Crippen LogP contribution in [0, 0.1) is 56.7 Å². The Morgan fingerprint density at radius 3 is 2.03 bits per heavy atom. The molecule has 38 heavy (non-hydrogen) atoms. The molecule has 10 atom stereocenters. The SMILES string of the molecule is CC(=O)O[C@H]1C[C@]2(C)C(=CCC3[C@@]4(C)CC[C@@H](OC(C)=O)C(C)(C)C4CC[C@]32C)C2[C@H](C(C)C)CC[C@@]21C. The fourth-order valence-electron chi connectivity index (χ4n) is 11.7. The Labute approximate surface area is 232 Å². The molecule has 5 rings (SSSR count). The summed E-state index contributed by atoms with van der Waals surface area (Å²) >= 11 is 0. The number of carbonyl (C=O) groups is 2. The molecule has 0 aromatic rings. The predicted octanol–water partition coefficient (Wildman–Crippen LogP) is 8.14. The molecule has 4 saturated carbocycles. The molecule has 0 bridgehead atoms. The largest absolute Gasteiger partial charge is 0.462 e. The van der Waals surface area contributed by atoms with Crippen LogP contribution in [0.4, 0.5) is 0 Å². The summed E-state index contributed by atoms with van der Waals surface area (Å²) in [6, 6.07) is 0. The van der Waals surface area contributed by atoms with Gasteiger partial charge in [0.1, 0.15) is 12.2 Å². The minimum atomic E-state index is -0.150. The van der Waals surface area contributed by atoms with Crippen LogP contribution < -0.4 is 0 Å². The number of ether oxygens (including phenoxy) is 2. The number of rotatable bonds is 3. The zero-order chi connectivity index (χ0) is 28.1. The second-order valence-corrected chi connectivity index (χ2v) is 16.0.